The number of carboxylic acids is 1. The zero-order chi connectivity index (χ0) is 14.7. The van der Waals surface area contributed by atoms with E-state index in [0.29, 0.717) is 0 Å². The number of carbonyl (C=O) groups excluding carboxylic acids is 1. The lowest BCUT2D eigenvalue weighted by Crippen LogP contribution is -2.57. The zero-order valence-corrected chi connectivity index (χ0v) is 10.5. The molecule has 0 aromatic heterocycles. The van der Waals surface area contributed by atoms with Crippen molar-refractivity contribution in [2.24, 2.45) is 0 Å². The number of amides is 1. The Kier molecular flexibility index (Phi) is 3.96. The standard InChI is InChI=1S/C13H12FN3O3/c14-12-8(4-15)2-1-3-9(12)6-17-7-11(18)16-5-10(17)13(19)20/h1-3,10H,5-7H2,(H,16,18)(H,19,20). The summed E-state index contributed by atoms with van der Waals surface area (Å²) in [7, 11) is 0. The molecule has 0 aliphatic carbocycles. The number of hydrogen-bond acceptors (Lipinski definition) is 4. The van der Waals surface area contributed by atoms with Crippen LogP contribution in [-0.4, -0.2) is 41.0 Å². The second-order valence-corrected chi connectivity index (χ2v) is 4.45. The highest BCUT2D eigenvalue weighted by Gasteiger charge is 2.32. The van der Waals surface area contributed by atoms with Crippen LogP contribution in [0.4, 0.5) is 4.39 Å². The minimum absolute atomic E-state index is 0.0201. The third-order valence-electron chi connectivity index (χ3n) is 3.14. The number of rotatable bonds is 3. The van der Waals surface area contributed by atoms with Crippen molar-refractivity contribution >= 4 is 11.9 Å². The number of nitrogens with zero attached hydrogens (tertiary/aromatic N) is 2. The molecule has 0 bridgehead atoms. The molecule has 1 unspecified atom stereocenters. The fourth-order valence-electron chi connectivity index (χ4n) is 2.11. The molecule has 1 aromatic rings. The molecule has 1 atom stereocenters. The maximum absolute atomic E-state index is 14.0. The first-order valence-corrected chi connectivity index (χ1v) is 5.94. The van der Waals surface area contributed by atoms with Crippen molar-refractivity contribution in [3.05, 3.63) is 35.1 Å². The van der Waals surface area contributed by atoms with E-state index < -0.39 is 17.8 Å². The van der Waals surface area contributed by atoms with E-state index in [1.54, 1.807) is 6.07 Å². The SMILES string of the molecule is N#Cc1cccc(CN2CC(=O)NCC2C(=O)O)c1F. The predicted molar refractivity (Wildman–Crippen MR) is 66.0 cm³/mol. The van der Waals surface area contributed by atoms with Gasteiger partial charge in [0.25, 0.3) is 0 Å². The van der Waals surface area contributed by atoms with Crippen LogP contribution in [0.3, 0.4) is 0 Å². The van der Waals surface area contributed by atoms with Gasteiger partial charge in [0.1, 0.15) is 17.9 Å². The summed E-state index contributed by atoms with van der Waals surface area (Å²) in [6, 6.07) is 5.16. The van der Waals surface area contributed by atoms with Crippen LogP contribution in [0.1, 0.15) is 11.1 Å². The summed E-state index contributed by atoms with van der Waals surface area (Å²) >= 11 is 0. The van der Waals surface area contributed by atoms with Crippen molar-refractivity contribution in [2.75, 3.05) is 13.1 Å². The summed E-state index contributed by atoms with van der Waals surface area (Å²) in [4.78, 5) is 23.9. The van der Waals surface area contributed by atoms with Crippen LogP contribution in [0.5, 0.6) is 0 Å². The lowest BCUT2D eigenvalue weighted by Gasteiger charge is -2.32. The van der Waals surface area contributed by atoms with Gasteiger partial charge in [0, 0.05) is 18.7 Å². The number of nitrogens with one attached hydrogen (secondary N) is 1. The number of piperazine rings is 1. The number of carbonyl (C=O) groups is 2. The van der Waals surface area contributed by atoms with Gasteiger partial charge in [0.15, 0.2) is 0 Å². The first-order valence-electron chi connectivity index (χ1n) is 5.94. The van der Waals surface area contributed by atoms with Crippen LogP contribution in [0.25, 0.3) is 0 Å². The number of halogens is 1. The van der Waals surface area contributed by atoms with Gasteiger partial charge in [-0.25, -0.2) is 4.39 Å². The molecule has 1 aromatic carbocycles. The number of benzene rings is 1. The van der Waals surface area contributed by atoms with E-state index in [0.717, 1.165) is 0 Å². The van der Waals surface area contributed by atoms with Gasteiger partial charge in [-0.2, -0.15) is 5.26 Å². The monoisotopic (exact) mass is 277 g/mol. The topological polar surface area (TPSA) is 93.4 Å². The minimum Gasteiger partial charge on any atom is -0.480 e. The smallest absolute Gasteiger partial charge is 0.322 e. The molecule has 7 heteroatoms. The highest BCUT2D eigenvalue weighted by molar-refractivity contribution is 5.83. The van der Waals surface area contributed by atoms with E-state index in [4.69, 9.17) is 10.4 Å². The molecule has 2 N–H and O–H groups in total. The molecule has 6 nitrogen and oxygen atoms in total. The van der Waals surface area contributed by atoms with Crippen LogP contribution >= 0.6 is 0 Å². The van der Waals surface area contributed by atoms with Gasteiger partial charge < -0.3 is 10.4 Å². The van der Waals surface area contributed by atoms with Gasteiger partial charge in [0.2, 0.25) is 5.91 Å². The van der Waals surface area contributed by atoms with Gasteiger partial charge in [-0.15, -0.1) is 0 Å². The molecular formula is C13H12FN3O3. The van der Waals surface area contributed by atoms with E-state index in [-0.39, 0.29) is 36.7 Å². The molecule has 0 saturated carbocycles. The minimum atomic E-state index is -1.08. The van der Waals surface area contributed by atoms with Gasteiger partial charge in [-0.3, -0.25) is 14.5 Å². The third-order valence-corrected chi connectivity index (χ3v) is 3.14. The van der Waals surface area contributed by atoms with Gasteiger partial charge in [-0.05, 0) is 6.07 Å². The normalized spacial score (nSPS) is 19.2. The highest BCUT2D eigenvalue weighted by Crippen LogP contribution is 2.17. The van der Waals surface area contributed by atoms with Crippen molar-refractivity contribution < 1.29 is 19.1 Å². The maximum atomic E-state index is 14.0. The summed E-state index contributed by atoms with van der Waals surface area (Å²) in [5.41, 5.74) is 0.0980. The fourth-order valence-corrected chi connectivity index (χ4v) is 2.11. The number of aliphatic carboxylic acids is 1. The summed E-state index contributed by atoms with van der Waals surface area (Å²) < 4.78 is 14.0. The number of nitriles is 1. The summed E-state index contributed by atoms with van der Waals surface area (Å²) in [5.74, 6) is -2.06. The molecule has 104 valence electrons. The van der Waals surface area contributed by atoms with E-state index >= 15 is 0 Å². The van der Waals surface area contributed by atoms with Crippen molar-refractivity contribution in [3.8, 4) is 6.07 Å². The largest absolute Gasteiger partial charge is 0.480 e. The van der Waals surface area contributed by atoms with E-state index in [9.17, 15) is 14.0 Å². The van der Waals surface area contributed by atoms with Crippen LogP contribution < -0.4 is 5.32 Å². The lowest BCUT2D eigenvalue weighted by atomic mass is 10.1. The average Bonchev–Trinajstić information content (AvgIpc) is 2.41. The van der Waals surface area contributed by atoms with Crippen molar-refractivity contribution in [1.29, 1.82) is 5.26 Å². The molecule has 1 saturated heterocycles. The molecule has 1 heterocycles. The van der Waals surface area contributed by atoms with Crippen LogP contribution in [-0.2, 0) is 16.1 Å². The number of hydrogen-bond donors (Lipinski definition) is 2. The van der Waals surface area contributed by atoms with Gasteiger partial charge in [0.05, 0.1) is 12.1 Å². The molecule has 0 radical (unpaired) electrons. The van der Waals surface area contributed by atoms with E-state index in [1.807, 2.05) is 0 Å². The number of carboxylic acid groups (broad SMARTS) is 1. The molecule has 0 spiro atoms. The Bertz CT molecular complexity index is 597. The van der Waals surface area contributed by atoms with Crippen LogP contribution in [0.15, 0.2) is 18.2 Å². The second-order valence-electron chi connectivity index (χ2n) is 4.45. The summed E-state index contributed by atoms with van der Waals surface area (Å²) in [6.07, 6.45) is 0. The second kappa shape index (κ2) is 5.67. The quantitative estimate of drug-likeness (QED) is 0.816. The van der Waals surface area contributed by atoms with Crippen LogP contribution in [0.2, 0.25) is 0 Å². The Morgan fingerprint density at radius 1 is 1.60 bits per heavy atom. The average molecular weight is 277 g/mol. The highest BCUT2D eigenvalue weighted by atomic mass is 19.1. The van der Waals surface area contributed by atoms with Gasteiger partial charge >= 0.3 is 5.97 Å². The summed E-state index contributed by atoms with van der Waals surface area (Å²) in [5, 5.41) is 20.3. The Balaban J connectivity index is 2.25. The Hall–Kier alpha value is -2.46. The van der Waals surface area contributed by atoms with Crippen molar-refractivity contribution in [2.45, 2.75) is 12.6 Å². The first-order chi connectivity index (χ1) is 9.52. The molecule has 1 fully saturated rings. The zero-order valence-electron chi connectivity index (χ0n) is 10.5. The molecular weight excluding hydrogens is 265 g/mol. The summed E-state index contributed by atoms with van der Waals surface area (Å²) in [6.45, 7) is -0.174. The fraction of sp³-hybridized carbons (Fsp3) is 0.308. The first kappa shape index (κ1) is 14.0. The van der Waals surface area contributed by atoms with Crippen molar-refractivity contribution in [1.82, 2.24) is 10.2 Å². The molecule has 2 rings (SSSR count). The maximum Gasteiger partial charge on any atom is 0.322 e. The van der Waals surface area contributed by atoms with Crippen molar-refractivity contribution in [3.63, 3.8) is 0 Å². The van der Waals surface area contributed by atoms with E-state index in [2.05, 4.69) is 5.32 Å². The molecule has 1 aliphatic heterocycles. The van der Waals surface area contributed by atoms with Crippen LogP contribution in [0, 0.1) is 17.1 Å². The molecule has 1 amide bonds. The lowest BCUT2D eigenvalue weighted by molar-refractivity contribution is -0.146. The Labute approximate surface area is 114 Å². The predicted octanol–water partition coefficient (Wildman–Crippen LogP) is 0.0824. The van der Waals surface area contributed by atoms with Gasteiger partial charge in [-0.1, -0.05) is 12.1 Å². The molecule has 1 aliphatic rings. The molecule has 20 heavy (non-hydrogen) atoms. The third kappa shape index (κ3) is 2.75. The Morgan fingerprint density at radius 3 is 3.00 bits per heavy atom. The Morgan fingerprint density at radius 2 is 2.35 bits per heavy atom. The van der Waals surface area contributed by atoms with E-state index in [1.165, 1.54) is 23.1 Å².